The predicted molar refractivity (Wildman–Crippen MR) is 146 cm³/mol. The summed E-state index contributed by atoms with van der Waals surface area (Å²) >= 11 is 12.4. The Hall–Kier alpha value is -4.13. The van der Waals surface area contributed by atoms with Crippen molar-refractivity contribution in [2.24, 2.45) is 0 Å². The fourth-order valence-electron chi connectivity index (χ4n) is 3.27. The van der Waals surface area contributed by atoms with Gasteiger partial charge >= 0.3 is 30.0 Å². The number of anilines is 3. The van der Waals surface area contributed by atoms with Crippen LogP contribution in [-0.2, 0) is 25.4 Å². The summed E-state index contributed by atoms with van der Waals surface area (Å²) in [6.07, 6.45) is -0.548. The van der Waals surface area contributed by atoms with Crippen LogP contribution in [0.4, 0.5) is 26.0 Å². The minimum absolute atomic E-state index is 0.135. The first-order valence-corrected chi connectivity index (χ1v) is 12.5. The number of urea groups is 2. The molecule has 4 amide bonds. The molecule has 14 heteroatoms. The van der Waals surface area contributed by atoms with Gasteiger partial charge in [-0.25, -0.2) is 24.1 Å². The maximum Gasteiger partial charge on any atom is 0.348 e. The molecule has 11 nitrogen and oxygen atoms in total. The van der Waals surface area contributed by atoms with E-state index in [4.69, 9.17) is 37.4 Å². The molecular formula is C25H21Cl2N3O8S. The van der Waals surface area contributed by atoms with Crippen molar-refractivity contribution in [1.82, 2.24) is 0 Å². The number of hydrogen-bond donors (Lipinski definition) is 2. The van der Waals surface area contributed by atoms with Crippen molar-refractivity contribution >= 4 is 80.9 Å². The van der Waals surface area contributed by atoms with E-state index in [2.05, 4.69) is 10.6 Å². The molecule has 0 aliphatic heterocycles. The van der Waals surface area contributed by atoms with Gasteiger partial charge in [0.1, 0.15) is 9.88 Å². The van der Waals surface area contributed by atoms with Gasteiger partial charge in [0.25, 0.3) is 0 Å². The number of amides is 4. The molecule has 204 valence electrons. The molecule has 0 unspecified atom stereocenters. The van der Waals surface area contributed by atoms with Gasteiger partial charge in [0.05, 0.1) is 33.3 Å². The average Bonchev–Trinajstić information content (AvgIpc) is 3.28. The fourth-order valence-corrected chi connectivity index (χ4v) is 4.74. The third kappa shape index (κ3) is 7.05. The van der Waals surface area contributed by atoms with E-state index in [-0.39, 0.29) is 32.4 Å². The van der Waals surface area contributed by atoms with E-state index in [1.165, 1.54) is 48.5 Å². The summed E-state index contributed by atoms with van der Waals surface area (Å²) in [5, 5.41) is 5.60. The molecule has 2 N–H and O–H groups in total. The second-order valence-electron chi connectivity index (χ2n) is 7.54. The second kappa shape index (κ2) is 13.1. The molecule has 0 atom stereocenters. The van der Waals surface area contributed by atoms with E-state index in [1.54, 1.807) is 0 Å². The van der Waals surface area contributed by atoms with Crippen molar-refractivity contribution in [2.75, 3.05) is 36.9 Å². The summed E-state index contributed by atoms with van der Waals surface area (Å²) in [7, 11) is 3.28. The van der Waals surface area contributed by atoms with Crippen molar-refractivity contribution in [3.63, 3.8) is 0 Å². The highest BCUT2D eigenvalue weighted by Crippen LogP contribution is 2.39. The van der Waals surface area contributed by atoms with Crippen LogP contribution in [0.2, 0.25) is 10.0 Å². The predicted octanol–water partition coefficient (Wildman–Crippen LogP) is 5.61. The topological polar surface area (TPSA) is 140 Å². The molecule has 0 radical (unpaired) electrons. The summed E-state index contributed by atoms with van der Waals surface area (Å²) < 4.78 is 14.4. The third-order valence-corrected chi connectivity index (χ3v) is 6.80. The Balaban J connectivity index is 2.20. The van der Waals surface area contributed by atoms with E-state index >= 15 is 0 Å². The summed E-state index contributed by atoms with van der Waals surface area (Å²) in [4.78, 5) is 65.2. The van der Waals surface area contributed by atoms with Crippen LogP contribution < -0.4 is 15.5 Å². The SMILES string of the molecule is COC(=O)Cc1c(C(=O)OC)sc(N(C(=O)Nc2ccc(Cl)cc2)C(=O)Nc2ccc(Cl)cc2)c1C(=O)OC. The summed E-state index contributed by atoms with van der Waals surface area (Å²) in [5.74, 6) is -2.72. The molecule has 1 heterocycles. The van der Waals surface area contributed by atoms with Crippen LogP contribution in [0.25, 0.3) is 0 Å². The Bertz CT molecular complexity index is 1350. The van der Waals surface area contributed by atoms with E-state index in [1.807, 2.05) is 0 Å². The molecular weight excluding hydrogens is 573 g/mol. The van der Waals surface area contributed by atoms with Gasteiger partial charge in [-0.15, -0.1) is 11.3 Å². The van der Waals surface area contributed by atoms with Crippen LogP contribution in [0.15, 0.2) is 48.5 Å². The highest BCUT2D eigenvalue weighted by atomic mass is 35.5. The zero-order valence-electron chi connectivity index (χ0n) is 20.7. The third-order valence-electron chi connectivity index (χ3n) is 5.10. The summed E-state index contributed by atoms with van der Waals surface area (Å²) in [6, 6.07) is 10.0. The standard InChI is InChI=1S/C25H21Cl2N3O8S/c1-36-18(31)12-17-19(22(32)37-2)21(39-20(17)23(33)38-3)30(24(34)28-15-8-4-13(26)5-9-15)25(35)29-16-10-6-14(27)7-11-16/h4-11H,12H2,1-3H3,(H,28,34)(H,29,35). The van der Waals surface area contributed by atoms with Gasteiger partial charge in [0, 0.05) is 27.0 Å². The van der Waals surface area contributed by atoms with Crippen LogP contribution in [-0.4, -0.2) is 51.3 Å². The lowest BCUT2D eigenvalue weighted by molar-refractivity contribution is -0.139. The van der Waals surface area contributed by atoms with Crippen molar-refractivity contribution in [3.05, 3.63) is 74.6 Å². The number of methoxy groups -OCH3 is 3. The molecule has 1 aromatic heterocycles. The van der Waals surface area contributed by atoms with E-state index < -0.39 is 36.4 Å². The van der Waals surface area contributed by atoms with Crippen molar-refractivity contribution in [1.29, 1.82) is 0 Å². The molecule has 0 spiro atoms. The number of thiophene rings is 1. The Kier molecular flexibility index (Phi) is 9.88. The van der Waals surface area contributed by atoms with Gasteiger partial charge < -0.3 is 24.8 Å². The minimum atomic E-state index is -1.01. The molecule has 2 aromatic carbocycles. The van der Waals surface area contributed by atoms with Crippen LogP contribution in [0, 0.1) is 0 Å². The zero-order valence-corrected chi connectivity index (χ0v) is 23.0. The number of carbonyl (C=O) groups is 5. The van der Waals surface area contributed by atoms with Gasteiger partial charge in [-0.3, -0.25) is 4.79 Å². The number of nitrogens with one attached hydrogen (secondary N) is 2. The van der Waals surface area contributed by atoms with Crippen molar-refractivity contribution < 1.29 is 38.2 Å². The molecule has 39 heavy (non-hydrogen) atoms. The first-order chi connectivity index (χ1) is 18.6. The van der Waals surface area contributed by atoms with E-state index in [0.29, 0.717) is 26.3 Å². The molecule has 3 aromatic rings. The van der Waals surface area contributed by atoms with Gasteiger partial charge in [0.15, 0.2) is 0 Å². The van der Waals surface area contributed by atoms with E-state index in [9.17, 15) is 24.0 Å². The maximum atomic E-state index is 13.5. The highest BCUT2D eigenvalue weighted by molar-refractivity contribution is 7.19. The molecule has 0 bridgehead atoms. The van der Waals surface area contributed by atoms with Gasteiger partial charge in [0.2, 0.25) is 0 Å². The number of esters is 3. The number of ether oxygens (including phenoxy) is 3. The Morgan fingerprint density at radius 2 is 1.21 bits per heavy atom. The molecule has 3 rings (SSSR count). The lowest BCUT2D eigenvalue weighted by atomic mass is 10.1. The normalized spacial score (nSPS) is 10.3. The number of imide groups is 1. The number of hydrogen-bond acceptors (Lipinski definition) is 9. The zero-order chi connectivity index (χ0) is 28.7. The molecule has 0 fully saturated rings. The Morgan fingerprint density at radius 3 is 1.62 bits per heavy atom. The largest absolute Gasteiger partial charge is 0.469 e. The monoisotopic (exact) mass is 593 g/mol. The maximum absolute atomic E-state index is 13.5. The first-order valence-electron chi connectivity index (χ1n) is 10.9. The highest BCUT2D eigenvalue weighted by Gasteiger charge is 2.37. The van der Waals surface area contributed by atoms with Crippen LogP contribution in [0.1, 0.15) is 25.6 Å². The quantitative estimate of drug-likeness (QED) is 0.266. The van der Waals surface area contributed by atoms with E-state index in [0.717, 1.165) is 21.3 Å². The fraction of sp³-hybridized carbons (Fsp3) is 0.160. The molecule has 0 saturated heterocycles. The van der Waals surface area contributed by atoms with Crippen molar-refractivity contribution in [2.45, 2.75) is 6.42 Å². The lowest BCUT2D eigenvalue weighted by Gasteiger charge is -2.22. The minimum Gasteiger partial charge on any atom is -0.469 e. The van der Waals surface area contributed by atoms with Gasteiger partial charge in [-0.1, -0.05) is 23.2 Å². The van der Waals surface area contributed by atoms with Gasteiger partial charge in [-0.2, -0.15) is 0 Å². The first kappa shape index (κ1) is 29.4. The second-order valence-corrected chi connectivity index (χ2v) is 9.41. The smallest absolute Gasteiger partial charge is 0.348 e. The molecule has 0 saturated carbocycles. The Labute approximate surface area is 236 Å². The average molecular weight is 594 g/mol. The number of rotatable bonds is 7. The number of carbonyl (C=O) groups excluding carboxylic acids is 5. The molecule has 0 aliphatic carbocycles. The molecule has 0 aliphatic rings. The van der Waals surface area contributed by atoms with Crippen LogP contribution >= 0.6 is 34.5 Å². The van der Waals surface area contributed by atoms with Crippen LogP contribution in [0.3, 0.4) is 0 Å². The van der Waals surface area contributed by atoms with Crippen molar-refractivity contribution in [3.8, 4) is 0 Å². The van der Waals surface area contributed by atoms with Gasteiger partial charge in [-0.05, 0) is 48.5 Å². The lowest BCUT2D eigenvalue weighted by Crippen LogP contribution is -2.43. The number of nitrogens with zero attached hydrogens (tertiary/aromatic N) is 1. The summed E-state index contributed by atoms with van der Waals surface area (Å²) in [6.45, 7) is 0. The Morgan fingerprint density at radius 1 is 0.744 bits per heavy atom. The number of benzene rings is 2. The summed E-state index contributed by atoms with van der Waals surface area (Å²) in [5.41, 5.74) is 0.0376. The number of halogens is 2. The van der Waals surface area contributed by atoms with Crippen LogP contribution in [0.5, 0.6) is 0 Å².